The molecule has 2 heterocycles. The van der Waals surface area contributed by atoms with Crippen LogP contribution in [0.15, 0.2) is 6.20 Å². The second-order valence-electron chi connectivity index (χ2n) is 4.42. The molecule has 0 aliphatic carbocycles. The summed E-state index contributed by atoms with van der Waals surface area (Å²) < 4.78 is 8.62. The third kappa shape index (κ3) is 2.33. The first-order valence-electron chi connectivity index (χ1n) is 6.24. The molecule has 7 nitrogen and oxygen atoms in total. The number of aromatic nitrogens is 5. The van der Waals surface area contributed by atoms with Gasteiger partial charge in [-0.05, 0) is 13.3 Å². The predicted molar refractivity (Wildman–Crippen MR) is 68.9 cm³/mol. The lowest BCUT2D eigenvalue weighted by Gasteiger charge is -2.13. The first kappa shape index (κ1) is 13.5. The van der Waals surface area contributed by atoms with E-state index in [9.17, 15) is 5.11 Å². The van der Waals surface area contributed by atoms with Gasteiger partial charge in [-0.3, -0.25) is 0 Å². The second-order valence-corrected chi connectivity index (χ2v) is 4.42. The van der Waals surface area contributed by atoms with E-state index in [0.717, 1.165) is 12.1 Å². The Morgan fingerprint density at radius 2 is 2.21 bits per heavy atom. The highest BCUT2D eigenvalue weighted by Crippen LogP contribution is 2.31. The Balaban J connectivity index is 2.43. The number of rotatable bonds is 5. The quantitative estimate of drug-likeness (QED) is 0.866. The molecule has 0 radical (unpaired) electrons. The van der Waals surface area contributed by atoms with E-state index in [4.69, 9.17) is 4.74 Å². The van der Waals surface area contributed by atoms with Crippen LogP contribution in [0.4, 0.5) is 0 Å². The summed E-state index contributed by atoms with van der Waals surface area (Å²) in [5.74, 6) is 0.550. The van der Waals surface area contributed by atoms with Gasteiger partial charge in [-0.1, -0.05) is 12.1 Å². The summed E-state index contributed by atoms with van der Waals surface area (Å²) in [5.41, 5.74) is 2.04. The second kappa shape index (κ2) is 5.40. The topological polar surface area (TPSA) is 78.0 Å². The van der Waals surface area contributed by atoms with Crippen LogP contribution in [-0.4, -0.2) is 37.0 Å². The van der Waals surface area contributed by atoms with E-state index in [1.165, 1.54) is 0 Å². The molecular formula is C12H19N5O2. The van der Waals surface area contributed by atoms with Gasteiger partial charge in [-0.25, -0.2) is 9.36 Å². The fourth-order valence-corrected chi connectivity index (χ4v) is 2.22. The van der Waals surface area contributed by atoms with Crippen LogP contribution in [0.2, 0.25) is 0 Å². The SMILES string of the molecule is CCCn1nncc1C(O)c1c(C)nn(C)c1OC. The number of ether oxygens (including phenoxy) is 1. The molecular weight excluding hydrogens is 246 g/mol. The van der Waals surface area contributed by atoms with Crippen LogP contribution in [0.1, 0.15) is 36.4 Å². The van der Waals surface area contributed by atoms with Crippen LogP contribution in [0.3, 0.4) is 0 Å². The average Bonchev–Trinajstić information content (AvgIpc) is 2.93. The van der Waals surface area contributed by atoms with Gasteiger partial charge in [-0.15, -0.1) is 5.10 Å². The predicted octanol–water partition coefficient (Wildman–Crippen LogP) is 0.820. The highest BCUT2D eigenvalue weighted by atomic mass is 16.5. The van der Waals surface area contributed by atoms with Gasteiger partial charge in [0.2, 0.25) is 5.88 Å². The summed E-state index contributed by atoms with van der Waals surface area (Å²) in [7, 11) is 3.35. The maximum absolute atomic E-state index is 10.6. The Kier molecular flexibility index (Phi) is 3.84. The average molecular weight is 265 g/mol. The van der Waals surface area contributed by atoms with Gasteiger partial charge in [-0.2, -0.15) is 5.10 Å². The van der Waals surface area contributed by atoms with Crippen molar-refractivity contribution >= 4 is 0 Å². The van der Waals surface area contributed by atoms with Crippen molar-refractivity contribution in [3.05, 3.63) is 23.1 Å². The van der Waals surface area contributed by atoms with E-state index in [0.29, 0.717) is 23.7 Å². The van der Waals surface area contributed by atoms with Crippen molar-refractivity contribution in [2.45, 2.75) is 32.9 Å². The van der Waals surface area contributed by atoms with Crippen molar-refractivity contribution in [1.29, 1.82) is 0 Å². The highest BCUT2D eigenvalue weighted by Gasteiger charge is 2.25. The maximum Gasteiger partial charge on any atom is 0.217 e. The molecule has 2 rings (SSSR count). The molecule has 2 aromatic heterocycles. The standard InChI is InChI=1S/C12H19N5O2/c1-5-6-17-9(7-13-15-17)11(18)10-8(2)14-16(3)12(10)19-4/h7,11,18H,5-6H2,1-4H3. The molecule has 1 N–H and O–H groups in total. The van der Waals surface area contributed by atoms with Crippen LogP contribution >= 0.6 is 0 Å². The lowest BCUT2D eigenvalue weighted by Crippen LogP contribution is -2.11. The molecule has 0 aliphatic heterocycles. The Morgan fingerprint density at radius 1 is 1.47 bits per heavy atom. The lowest BCUT2D eigenvalue weighted by molar-refractivity contribution is 0.200. The van der Waals surface area contributed by atoms with E-state index in [1.807, 2.05) is 13.8 Å². The first-order chi connectivity index (χ1) is 9.10. The van der Waals surface area contributed by atoms with Gasteiger partial charge in [0, 0.05) is 13.6 Å². The van der Waals surface area contributed by atoms with Gasteiger partial charge < -0.3 is 9.84 Å². The Morgan fingerprint density at radius 3 is 2.84 bits per heavy atom. The molecule has 2 aromatic rings. The van der Waals surface area contributed by atoms with E-state index in [1.54, 1.807) is 29.7 Å². The summed E-state index contributed by atoms with van der Waals surface area (Å²) in [4.78, 5) is 0. The molecule has 7 heteroatoms. The van der Waals surface area contributed by atoms with Gasteiger partial charge >= 0.3 is 0 Å². The van der Waals surface area contributed by atoms with E-state index >= 15 is 0 Å². The van der Waals surface area contributed by atoms with Gasteiger partial charge in [0.05, 0.1) is 30.3 Å². The van der Waals surface area contributed by atoms with E-state index in [-0.39, 0.29) is 0 Å². The minimum atomic E-state index is -0.842. The van der Waals surface area contributed by atoms with Crippen molar-refractivity contribution < 1.29 is 9.84 Å². The van der Waals surface area contributed by atoms with E-state index in [2.05, 4.69) is 15.4 Å². The zero-order valence-corrected chi connectivity index (χ0v) is 11.7. The summed E-state index contributed by atoms with van der Waals surface area (Å²) in [6, 6.07) is 0. The van der Waals surface area contributed by atoms with Crippen molar-refractivity contribution in [2.24, 2.45) is 7.05 Å². The highest BCUT2D eigenvalue weighted by molar-refractivity contribution is 5.37. The molecule has 0 amide bonds. The summed E-state index contributed by atoms with van der Waals surface area (Å²) >= 11 is 0. The van der Waals surface area contributed by atoms with Crippen molar-refractivity contribution in [3.63, 3.8) is 0 Å². The number of methoxy groups -OCH3 is 1. The van der Waals surface area contributed by atoms with Crippen molar-refractivity contribution in [2.75, 3.05) is 7.11 Å². The van der Waals surface area contributed by atoms with Crippen LogP contribution in [0, 0.1) is 6.92 Å². The summed E-state index contributed by atoms with van der Waals surface area (Å²) in [6.07, 6.45) is 1.66. The maximum atomic E-state index is 10.6. The molecule has 0 spiro atoms. The first-order valence-corrected chi connectivity index (χ1v) is 6.24. The third-order valence-electron chi connectivity index (χ3n) is 3.04. The molecule has 0 bridgehead atoms. The number of hydrogen-bond acceptors (Lipinski definition) is 5. The van der Waals surface area contributed by atoms with E-state index < -0.39 is 6.10 Å². The Labute approximate surface area is 111 Å². The molecule has 0 aromatic carbocycles. The molecule has 0 fully saturated rings. The van der Waals surface area contributed by atoms with Crippen molar-refractivity contribution in [1.82, 2.24) is 24.8 Å². The van der Waals surface area contributed by atoms with Crippen LogP contribution in [-0.2, 0) is 13.6 Å². The van der Waals surface area contributed by atoms with Crippen LogP contribution < -0.4 is 4.74 Å². The zero-order chi connectivity index (χ0) is 14.0. The molecule has 19 heavy (non-hydrogen) atoms. The van der Waals surface area contributed by atoms with Crippen LogP contribution in [0.5, 0.6) is 5.88 Å². The smallest absolute Gasteiger partial charge is 0.217 e. The minimum absolute atomic E-state index is 0.550. The largest absolute Gasteiger partial charge is 0.481 e. The number of aliphatic hydroxyl groups is 1. The number of aryl methyl sites for hydroxylation is 3. The van der Waals surface area contributed by atoms with Gasteiger partial charge in [0.15, 0.2) is 0 Å². The zero-order valence-electron chi connectivity index (χ0n) is 11.7. The molecule has 0 saturated heterocycles. The molecule has 1 atom stereocenters. The molecule has 104 valence electrons. The molecule has 1 unspecified atom stereocenters. The Hall–Kier alpha value is -1.89. The summed E-state index contributed by atoms with van der Waals surface area (Å²) in [5, 5.41) is 22.7. The molecule has 0 aliphatic rings. The number of hydrogen-bond donors (Lipinski definition) is 1. The monoisotopic (exact) mass is 265 g/mol. The fourth-order valence-electron chi connectivity index (χ4n) is 2.22. The van der Waals surface area contributed by atoms with Crippen LogP contribution in [0.25, 0.3) is 0 Å². The summed E-state index contributed by atoms with van der Waals surface area (Å²) in [6.45, 7) is 4.61. The minimum Gasteiger partial charge on any atom is -0.481 e. The number of aliphatic hydroxyl groups excluding tert-OH is 1. The third-order valence-corrected chi connectivity index (χ3v) is 3.04. The van der Waals surface area contributed by atoms with Crippen molar-refractivity contribution in [3.8, 4) is 5.88 Å². The number of nitrogens with zero attached hydrogens (tertiary/aromatic N) is 5. The van der Waals surface area contributed by atoms with Gasteiger partial charge in [0.1, 0.15) is 6.10 Å². The lowest BCUT2D eigenvalue weighted by atomic mass is 10.1. The Bertz CT molecular complexity index is 560. The fraction of sp³-hybridized carbons (Fsp3) is 0.583. The molecule has 0 saturated carbocycles. The van der Waals surface area contributed by atoms with Gasteiger partial charge in [0.25, 0.3) is 0 Å². The normalized spacial score (nSPS) is 12.7.